The SMILES string of the molecule is CC(=O)SCC1(CSC(C)=O)C(=O)N2CCCC(C(=O)OC(C)(C)C)N2C1=O. The maximum absolute atomic E-state index is 13.4. The van der Waals surface area contributed by atoms with E-state index in [1.165, 1.54) is 23.9 Å². The lowest BCUT2D eigenvalue weighted by molar-refractivity contribution is -0.179. The van der Waals surface area contributed by atoms with Crippen molar-refractivity contribution in [2.75, 3.05) is 18.1 Å². The minimum absolute atomic E-state index is 0.0612. The van der Waals surface area contributed by atoms with Crippen LogP contribution < -0.4 is 0 Å². The van der Waals surface area contributed by atoms with E-state index in [1.807, 2.05) is 0 Å². The van der Waals surface area contributed by atoms with Crippen LogP contribution in [0.4, 0.5) is 0 Å². The number of ether oxygens (including phenoxy) is 1. The van der Waals surface area contributed by atoms with Gasteiger partial charge in [0.2, 0.25) is 0 Å². The molecule has 10 heteroatoms. The Morgan fingerprint density at radius 1 is 1.07 bits per heavy atom. The Kier molecular flexibility index (Phi) is 6.86. The van der Waals surface area contributed by atoms with E-state index in [1.54, 1.807) is 20.8 Å². The highest BCUT2D eigenvalue weighted by atomic mass is 32.2. The van der Waals surface area contributed by atoms with E-state index in [0.717, 1.165) is 23.5 Å². The zero-order valence-corrected chi connectivity index (χ0v) is 18.4. The molecule has 0 aromatic carbocycles. The fourth-order valence-corrected chi connectivity index (χ4v) is 4.89. The molecule has 0 radical (unpaired) electrons. The Bertz CT molecular complexity index is 685. The van der Waals surface area contributed by atoms with Gasteiger partial charge in [-0.3, -0.25) is 19.2 Å². The number of amides is 2. The van der Waals surface area contributed by atoms with Crippen molar-refractivity contribution < 1.29 is 28.7 Å². The van der Waals surface area contributed by atoms with Crippen molar-refractivity contribution in [1.29, 1.82) is 0 Å². The average Bonchev–Trinajstić information content (AvgIpc) is 2.78. The standard InChI is InChI=1S/C18H26N2O6S2/c1-11(21)27-9-18(10-28-12(2)22)15(24)19-8-6-7-13(20(19)16(18)25)14(23)26-17(3,4)5/h13H,6-10H2,1-5H3. The predicted molar refractivity (Wildman–Crippen MR) is 106 cm³/mol. The molecule has 2 fully saturated rings. The van der Waals surface area contributed by atoms with Crippen molar-refractivity contribution in [3.05, 3.63) is 0 Å². The second-order valence-corrected chi connectivity index (χ2v) is 10.2. The molecule has 2 aliphatic heterocycles. The van der Waals surface area contributed by atoms with E-state index in [4.69, 9.17) is 4.74 Å². The summed E-state index contributed by atoms with van der Waals surface area (Å²) in [5.74, 6) is -1.70. The van der Waals surface area contributed by atoms with Gasteiger partial charge in [-0.05, 0) is 33.6 Å². The van der Waals surface area contributed by atoms with E-state index >= 15 is 0 Å². The first kappa shape index (κ1) is 22.7. The van der Waals surface area contributed by atoms with Gasteiger partial charge in [0.1, 0.15) is 5.60 Å². The number of nitrogens with zero attached hydrogens (tertiary/aromatic N) is 2. The molecule has 2 heterocycles. The lowest BCUT2D eigenvalue weighted by Crippen LogP contribution is -2.55. The Labute approximate surface area is 173 Å². The predicted octanol–water partition coefficient (Wildman–Crippen LogP) is 1.62. The monoisotopic (exact) mass is 430 g/mol. The normalized spacial score (nSPS) is 21.5. The molecular formula is C18H26N2O6S2. The number of fused-ring (bicyclic) bond motifs is 1. The first-order valence-electron chi connectivity index (χ1n) is 9.04. The second-order valence-electron chi connectivity index (χ2n) is 7.91. The molecule has 2 aliphatic rings. The zero-order chi connectivity index (χ0) is 21.3. The van der Waals surface area contributed by atoms with Crippen molar-refractivity contribution in [2.24, 2.45) is 5.41 Å². The zero-order valence-electron chi connectivity index (χ0n) is 16.8. The molecular weight excluding hydrogens is 404 g/mol. The third-order valence-corrected chi connectivity index (χ3v) is 6.47. The first-order chi connectivity index (χ1) is 12.9. The van der Waals surface area contributed by atoms with Gasteiger partial charge in [0.25, 0.3) is 11.8 Å². The van der Waals surface area contributed by atoms with E-state index in [0.29, 0.717) is 19.4 Å². The van der Waals surface area contributed by atoms with E-state index in [9.17, 15) is 24.0 Å². The lowest BCUT2D eigenvalue weighted by Gasteiger charge is -2.38. The number of hydrogen-bond acceptors (Lipinski definition) is 8. The smallest absolute Gasteiger partial charge is 0.331 e. The van der Waals surface area contributed by atoms with Crippen LogP contribution in [0.1, 0.15) is 47.5 Å². The van der Waals surface area contributed by atoms with Gasteiger partial charge in [-0.2, -0.15) is 0 Å². The number of esters is 1. The Morgan fingerprint density at radius 2 is 1.61 bits per heavy atom. The maximum atomic E-state index is 13.4. The van der Waals surface area contributed by atoms with Crippen molar-refractivity contribution >= 4 is 51.5 Å². The van der Waals surface area contributed by atoms with Gasteiger partial charge in [-0.25, -0.2) is 14.8 Å². The highest BCUT2D eigenvalue weighted by molar-refractivity contribution is 8.14. The van der Waals surface area contributed by atoms with E-state index < -0.39 is 34.8 Å². The molecule has 156 valence electrons. The highest BCUT2D eigenvalue weighted by Crippen LogP contribution is 2.42. The summed E-state index contributed by atoms with van der Waals surface area (Å²) in [7, 11) is 0. The van der Waals surface area contributed by atoms with Gasteiger partial charge in [0.15, 0.2) is 21.7 Å². The fraction of sp³-hybridized carbons (Fsp3) is 0.722. The minimum atomic E-state index is -1.54. The second kappa shape index (κ2) is 8.44. The summed E-state index contributed by atoms with van der Waals surface area (Å²) in [5, 5.41) is 2.04. The number of hydrogen-bond donors (Lipinski definition) is 0. The van der Waals surface area contributed by atoms with Crippen LogP contribution in [0.2, 0.25) is 0 Å². The van der Waals surface area contributed by atoms with Crippen molar-refractivity contribution in [3.63, 3.8) is 0 Å². The molecule has 0 bridgehead atoms. The summed E-state index contributed by atoms with van der Waals surface area (Å²) >= 11 is 1.75. The van der Waals surface area contributed by atoms with Crippen LogP contribution in [0.3, 0.4) is 0 Å². The van der Waals surface area contributed by atoms with E-state index in [-0.39, 0.29) is 21.7 Å². The van der Waals surface area contributed by atoms with Crippen LogP contribution in [0.15, 0.2) is 0 Å². The van der Waals surface area contributed by atoms with Crippen molar-refractivity contribution in [3.8, 4) is 0 Å². The van der Waals surface area contributed by atoms with Gasteiger partial charge < -0.3 is 4.74 Å². The Morgan fingerprint density at radius 3 is 2.07 bits per heavy atom. The van der Waals surface area contributed by atoms with Gasteiger partial charge in [-0.15, -0.1) is 0 Å². The summed E-state index contributed by atoms with van der Waals surface area (Å²) < 4.78 is 5.44. The molecule has 1 unspecified atom stereocenters. The van der Waals surface area contributed by atoms with Crippen LogP contribution in [0, 0.1) is 5.41 Å². The van der Waals surface area contributed by atoms with Crippen LogP contribution in [0.5, 0.6) is 0 Å². The molecule has 0 saturated carbocycles. The molecule has 2 amide bonds. The minimum Gasteiger partial charge on any atom is -0.458 e. The van der Waals surface area contributed by atoms with Crippen LogP contribution in [-0.4, -0.2) is 67.7 Å². The maximum Gasteiger partial charge on any atom is 0.331 e. The molecule has 0 aromatic heterocycles. The highest BCUT2D eigenvalue weighted by Gasteiger charge is 2.62. The van der Waals surface area contributed by atoms with Crippen molar-refractivity contribution in [1.82, 2.24) is 10.0 Å². The molecule has 1 atom stereocenters. The molecule has 0 N–H and O–H groups in total. The largest absolute Gasteiger partial charge is 0.458 e. The first-order valence-corrected chi connectivity index (χ1v) is 11.0. The Balaban J connectivity index is 2.37. The van der Waals surface area contributed by atoms with Crippen molar-refractivity contribution in [2.45, 2.75) is 59.1 Å². The third kappa shape index (κ3) is 4.71. The fourth-order valence-electron chi connectivity index (χ4n) is 3.17. The molecule has 0 spiro atoms. The lowest BCUT2D eigenvalue weighted by atomic mass is 9.92. The Hall–Kier alpha value is -1.55. The summed E-state index contributed by atoms with van der Waals surface area (Å²) in [6, 6.07) is -0.893. The number of carbonyl (C=O) groups excluding carboxylic acids is 5. The average molecular weight is 431 g/mol. The summed E-state index contributed by atoms with van der Waals surface area (Å²) in [6.45, 7) is 8.23. The molecule has 2 rings (SSSR count). The summed E-state index contributed by atoms with van der Waals surface area (Å²) in [6.07, 6.45) is 0.940. The van der Waals surface area contributed by atoms with Crippen LogP contribution >= 0.6 is 23.5 Å². The quantitative estimate of drug-likeness (QED) is 0.479. The number of hydrazine groups is 1. The van der Waals surface area contributed by atoms with Crippen LogP contribution in [-0.2, 0) is 28.7 Å². The van der Waals surface area contributed by atoms with Gasteiger partial charge in [0.05, 0.1) is 0 Å². The number of rotatable bonds is 5. The summed E-state index contributed by atoms with van der Waals surface area (Å²) in [4.78, 5) is 62.3. The van der Waals surface area contributed by atoms with Gasteiger partial charge in [-0.1, -0.05) is 23.5 Å². The molecule has 0 aliphatic carbocycles. The number of carbonyl (C=O) groups is 5. The molecule has 2 saturated heterocycles. The molecule has 8 nitrogen and oxygen atoms in total. The third-order valence-electron chi connectivity index (χ3n) is 4.39. The van der Waals surface area contributed by atoms with Gasteiger partial charge in [0, 0.05) is 31.9 Å². The summed E-state index contributed by atoms with van der Waals surface area (Å²) in [5.41, 5.74) is -2.27. The van der Waals surface area contributed by atoms with E-state index in [2.05, 4.69) is 0 Å². The molecule has 0 aromatic rings. The van der Waals surface area contributed by atoms with Gasteiger partial charge >= 0.3 is 5.97 Å². The van der Waals surface area contributed by atoms with Crippen LogP contribution in [0.25, 0.3) is 0 Å². The number of thioether (sulfide) groups is 2. The topological polar surface area (TPSA) is 101 Å². The molecule has 28 heavy (non-hydrogen) atoms.